The molecule has 5 rings (SSSR count). The maximum absolute atomic E-state index is 12.8. The van der Waals surface area contributed by atoms with Gasteiger partial charge in [-0.25, -0.2) is 9.97 Å². The molecule has 3 aromatic heterocycles. The Balaban J connectivity index is 1.83. The lowest BCUT2D eigenvalue weighted by atomic mass is 9.96. The molecule has 0 aliphatic heterocycles. The van der Waals surface area contributed by atoms with Crippen LogP contribution in [0, 0.1) is 0 Å². The molecule has 5 heteroatoms. The zero-order chi connectivity index (χ0) is 21.2. The van der Waals surface area contributed by atoms with Crippen LogP contribution >= 0.6 is 0 Å². The molecule has 5 nitrogen and oxygen atoms in total. The SMILES string of the molecule is COc1ccc(-c2c[nH]c(=O)c3cc(-c4ccccc4)c(-c4ccccc4)nc23)cn1. The summed E-state index contributed by atoms with van der Waals surface area (Å²) in [5, 5.41) is 0.534. The van der Waals surface area contributed by atoms with E-state index in [0.29, 0.717) is 16.8 Å². The Morgan fingerprint density at radius 3 is 2.16 bits per heavy atom. The summed E-state index contributed by atoms with van der Waals surface area (Å²) in [7, 11) is 1.58. The molecule has 5 aromatic rings. The summed E-state index contributed by atoms with van der Waals surface area (Å²) < 4.78 is 5.17. The minimum absolute atomic E-state index is 0.176. The fraction of sp³-hybridized carbons (Fsp3) is 0.0385. The Morgan fingerprint density at radius 1 is 0.806 bits per heavy atom. The van der Waals surface area contributed by atoms with Crippen LogP contribution in [-0.2, 0) is 0 Å². The van der Waals surface area contributed by atoms with Gasteiger partial charge in [0.15, 0.2) is 0 Å². The summed E-state index contributed by atoms with van der Waals surface area (Å²) in [5.41, 5.74) is 5.85. The molecule has 150 valence electrons. The third-order valence-corrected chi connectivity index (χ3v) is 5.26. The topological polar surface area (TPSA) is 67.9 Å². The lowest BCUT2D eigenvalue weighted by molar-refractivity contribution is 0.398. The normalized spacial score (nSPS) is 10.9. The molecule has 0 atom stereocenters. The maximum atomic E-state index is 12.8. The van der Waals surface area contributed by atoms with Crippen LogP contribution in [0.3, 0.4) is 0 Å². The van der Waals surface area contributed by atoms with E-state index in [9.17, 15) is 4.79 Å². The van der Waals surface area contributed by atoms with Crippen molar-refractivity contribution in [1.82, 2.24) is 15.0 Å². The van der Waals surface area contributed by atoms with E-state index < -0.39 is 0 Å². The molecular formula is C26H19N3O2. The van der Waals surface area contributed by atoms with Crippen LogP contribution in [0.5, 0.6) is 5.88 Å². The van der Waals surface area contributed by atoms with Gasteiger partial charge in [0.1, 0.15) is 0 Å². The zero-order valence-corrected chi connectivity index (χ0v) is 16.9. The van der Waals surface area contributed by atoms with Gasteiger partial charge in [0.2, 0.25) is 5.88 Å². The average molecular weight is 405 g/mol. The largest absolute Gasteiger partial charge is 0.481 e. The highest BCUT2D eigenvalue weighted by Gasteiger charge is 2.16. The van der Waals surface area contributed by atoms with Crippen molar-refractivity contribution in [3.8, 4) is 39.4 Å². The Labute approximate surface area is 179 Å². The number of aromatic nitrogens is 3. The molecule has 0 aliphatic carbocycles. The molecular weight excluding hydrogens is 386 g/mol. The molecule has 2 aromatic carbocycles. The first-order chi connectivity index (χ1) is 15.2. The smallest absolute Gasteiger partial charge is 0.257 e. The van der Waals surface area contributed by atoms with Crippen molar-refractivity contribution in [2.75, 3.05) is 7.11 Å². The van der Waals surface area contributed by atoms with Crippen LogP contribution in [0.1, 0.15) is 0 Å². The van der Waals surface area contributed by atoms with Crippen LogP contribution in [0.4, 0.5) is 0 Å². The first-order valence-electron chi connectivity index (χ1n) is 9.92. The van der Waals surface area contributed by atoms with Crippen molar-refractivity contribution in [3.63, 3.8) is 0 Å². The predicted molar refractivity (Wildman–Crippen MR) is 123 cm³/mol. The second-order valence-corrected chi connectivity index (χ2v) is 7.13. The van der Waals surface area contributed by atoms with Crippen molar-refractivity contribution in [2.24, 2.45) is 0 Å². The summed E-state index contributed by atoms with van der Waals surface area (Å²) in [5.74, 6) is 0.529. The molecule has 3 heterocycles. The number of aromatic amines is 1. The molecule has 0 fully saturated rings. The van der Waals surface area contributed by atoms with E-state index in [4.69, 9.17) is 9.72 Å². The Bertz CT molecular complexity index is 1410. The predicted octanol–water partition coefficient (Wildman–Crippen LogP) is 5.33. The quantitative estimate of drug-likeness (QED) is 0.439. The van der Waals surface area contributed by atoms with Gasteiger partial charge >= 0.3 is 0 Å². The molecule has 0 radical (unpaired) electrons. The molecule has 1 N–H and O–H groups in total. The van der Waals surface area contributed by atoms with E-state index in [1.54, 1.807) is 25.6 Å². The molecule has 0 saturated heterocycles. The third-order valence-electron chi connectivity index (χ3n) is 5.26. The average Bonchev–Trinajstić information content (AvgIpc) is 2.85. The summed E-state index contributed by atoms with van der Waals surface area (Å²) in [6, 6.07) is 25.6. The van der Waals surface area contributed by atoms with Crippen LogP contribution < -0.4 is 10.3 Å². The minimum atomic E-state index is -0.176. The van der Waals surface area contributed by atoms with E-state index in [1.165, 1.54) is 0 Å². The Morgan fingerprint density at radius 2 is 1.52 bits per heavy atom. The van der Waals surface area contributed by atoms with Gasteiger partial charge in [-0.2, -0.15) is 0 Å². The van der Waals surface area contributed by atoms with Crippen LogP contribution in [0.25, 0.3) is 44.4 Å². The number of ether oxygens (including phenoxy) is 1. The van der Waals surface area contributed by atoms with E-state index in [1.807, 2.05) is 72.8 Å². The molecule has 0 amide bonds. The molecule has 0 saturated carbocycles. The summed E-state index contributed by atoms with van der Waals surface area (Å²) in [6.07, 6.45) is 3.42. The maximum Gasteiger partial charge on any atom is 0.257 e. The monoisotopic (exact) mass is 405 g/mol. The third kappa shape index (κ3) is 3.46. The number of methoxy groups -OCH3 is 1. The van der Waals surface area contributed by atoms with Gasteiger partial charge in [0, 0.05) is 40.7 Å². The number of benzene rings is 2. The molecule has 0 unspecified atom stereocenters. The number of rotatable bonds is 4. The lowest BCUT2D eigenvalue weighted by Gasteiger charge is -2.13. The Hall–Kier alpha value is -4.25. The second kappa shape index (κ2) is 7.88. The number of nitrogens with one attached hydrogen (secondary N) is 1. The summed E-state index contributed by atoms with van der Waals surface area (Å²) in [4.78, 5) is 24.9. The number of hydrogen-bond donors (Lipinski definition) is 1. The number of H-pyrrole nitrogens is 1. The van der Waals surface area contributed by atoms with E-state index in [0.717, 1.165) is 33.5 Å². The van der Waals surface area contributed by atoms with Crippen LogP contribution in [0.15, 0.2) is 96.1 Å². The van der Waals surface area contributed by atoms with Crippen molar-refractivity contribution in [3.05, 3.63) is 102 Å². The highest BCUT2D eigenvalue weighted by atomic mass is 16.5. The van der Waals surface area contributed by atoms with Gasteiger partial charge in [0.25, 0.3) is 5.56 Å². The van der Waals surface area contributed by atoms with Crippen molar-refractivity contribution < 1.29 is 4.74 Å². The van der Waals surface area contributed by atoms with Crippen molar-refractivity contribution >= 4 is 10.9 Å². The molecule has 0 bridgehead atoms. The lowest BCUT2D eigenvalue weighted by Crippen LogP contribution is -2.08. The summed E-state index contributed by atoms with van der Waals surface area (Å²) >= 11 is 0. The minimum Gasteiger partial charge on any atom is -0.481 e. The zero-order valence-electron chi connectivity index (χ0n) is 16.9. The van der Waals surface area contributed by atoms with E-state index in [-0.39, 0.29) is 5.56 Å². The van der Waals surface area contributed by atoms with Crippen molar-refractivity contribution in [2.45, 2.75) is 0 Å². The molecule has 0 spiro atoms. The van der Waals surface area contributed by atoms with Crippen LogP contribution in [0.2, 0.25) is 0 Å². The standard InChI is InChI=1S/C26H19N3O2/c1-31-23-13-12-19(15-27-23)22-16-28-26(30)21-14-20(17-8-4-2-5-9-17)24(29-25(21)22)18-10-6-3-7-11-18/h2-16H,1H3,(H,28,30). The van der Waals surface area contributed by atoms with Gasteiger partial charge in [-0.05, 0) is 17.7 Å². The van der Waals surface area contributed by atoms with Crippen molar-refractivity contribution in [1.29, 1.82) is 0 Å². The van der Waals surface area contributed by atoms with Gasteiger partial charge < -0.3 is 9.72 Å². The molecule has 31 heavy (non-hydrogen) atoms. The van der Waals surface area contributed by atoms with Gasteiger partial charge in [-0.3, -0.25) is 4.79 Å². The number of hydrogen-bond acceptors (Lipinski definition) is 4. The number of fused-ring (bicyclic) bond motifs is 1. The highest BCUT2D eigenvalue weighted by molar-refractivity contribution is 5.98. The summed E-state index contributed by atoms with van der Waals surface area (Å²) in [6.45, 7) is 0. The number of nitrogens with zero attached hydrogens (tertiary/aromatic N) is 2. The van der Waals surface area contributed by atoms with E-state index >= 15 is 0 Å². The Kier molecular flexibility index (Phi) is 4.77. The van der Waals surface area contributed by atoms with E-state index in [2.05, 4.69) is 9.97 Å². The van der Waals surface area contributed by atoms with Gasteiger partial charge in [0.05, 0.1) is 23.7 Å². The van der Waals surface area contributed by atoms with Gasteiger partial charge in [-0.1, -0.05) is 60.7 Å². The second-order valence-electron chi connectivity index (χ2n) is 7.13. The first kappa shape index (κ1) is 18.8. The van der Waals surface area contributed by atoms with Crippen LogP contribution in [-0.4, -0.2) is 22.1 Å². The fourth-order valence-corrected chi connectivity index (χ4v) is 3.71. The fourth-order valence-electron chi connectivity index (χ4n) is 3.71. The highest BCUT2D eigenvalue weighted by Crippen LogP contribution is 2.35. The number of pyridine rings is 3. The first-order valence-corrected chi connectivity index (χ1v) is 9.92. The molecule has 0 aliphatic rings. The van der Waals surface area contributed by atoms with Gasteiger partial charge in [-0.15, -0.1) is 0 Å².